The van der Waals surface area contributed by atoms with E-state index in [1.165, 1.54) is 65.4 Å². The number of methoxy groups -OCH3 is 1. The number of phenols is 1. The molecule has 0 spiro atoms. The average Bonchev–Trinajstić information content (AvgIpc) is 1.60. The number of rotatable bonds is 18. The fourth-order valence-corrected chi connectivity index (χ4v) is 12.8. The molecule has 1 saturated heterocycles. The molecule has 9 atom stereocenters. The Morgan fingerprint density at radius 3 is 2.22 bits per heavy atom. The van der Waals surface area contributed by atoms with Gasteiger partial charge in [-0.25, -0.2) is 4.98 Å². The molecule has 9 rings (SSSR count). The van der Waals surface area contributed by atoms with Crippen LogP contribution in [0.25, 0.3) is 38.7 Å². The summed E-state index contributed by atoms with van der Waals surface area (Å²) in [6.45, 7) is 20.1. The van der Waals surface area contributed by atoms with Gasteiger partial charge in [0.25, 0.3) is 5.91 Å². The average molecular weight is 1320 g/mol. The van der Waals surface area contributed by atoms with Crippen LogP contribution in [0.5, 0.6) is 11.5 Å². The van der Waals surface area contributed by atoms with Crippen LogP contribution >= 0.6 is 16.9 Å². The lowest BCUT2D eigenvalue weighted by Gasteiger charge is -2.39. The third-order valence-electron chi connectivity index (χ3n) is 17.3. The highest BCUT2D eigenvalue weighted by Crippen LogP contribution is 2.43. The number of benzene rings is 4. The van der Waals surface area contributed by atoms with Crippen LogP contribution in [-0.4, -0.2) is 137 Å². The number of esters is 3. The minimum absolute atomic E-state index is 0.0102. The first-order valence-electron chi connectivity index (χ1n) is 31.0. The van der Waals surface area contributed by atoms with E-state index >= 15 is 4.79 Å². The van der Waals surface area contributed by atoms with Gasteiger partial charge < -0.3 is 63.7 Å². The first kappa shape index (κ1) is 70.7. The van der Waals surface area contributed by atoms with Gasteiger partial charge in [-0.3, -0.25) is 47.6 Å². The van der Waals surface area contributed by atoms with Crippen LogP contribution in [0.3, 0.4) is 0 Å². The molecular formula is C67H81N5O19P2. The Kier molecular flexibility index (Phi) is 23.4. The lowest BCUT2D eigenvalue weighted by Crippen LogP contribution is -2.47. The standard InChI is InChI=1S/C67H81N5O19P2/c1-34(2)33-71-24-26-72(27-25-71)44-31-45(74)55-47(32-44)89-64-56(69-55)52-53-59(79)40(8)63-54(52)65(81)67(10,91-63)87-29-23-46(85-11)37(5)62(88-41(9)73)39(7)58(78)38(6)61(35(3)14-12-15-36(4)66(82)70-57(64)60(53)80)90-50(77)16-13-28-86-49(76)22-21-48(75)68-43-19-17-42(18-20-43)30-51(92-83)93-84/h12,14-15,17-20,23,29,31-32,34-35,37-39,46,51,58,61-62,78-79,81H,13,16,21-22,24-28,30,33H2,1-11H3,(H,68,75)(H,70,82)/b14-12+,29-23+,36-15-/t35-,37+,38-,39+,46-,58+,61-,62+,67-/m0/s1. The van der Waals surface area contributed by atoms with Gasteiger partial charge in [-0.05, 0) is 56.4 Å². The molecule has 0 radical (unpaired) electrons. The molecule has 498 valence electrons. The Labute approximate surface area is 540 Å². The summed E-state index contributed by atoms with van der Waals surface area (Å²) < 4.78 is 64.8. The van der Waals surface area contributed by atoms with Gasteiger partial charge in [0.1, 0.15) is 40.3 Å². The Hall–Kier alpha value is -8.14. The van der Waals surface area contributed by atoms with Crippen molar-refractivity contribution in [1.29, 1.82) is 0 Å². The predicted molar refractivity (Wildman–Crippen MR) is 350 cm³/mol. The molecule has 4 aromatic carbocycles. The van der Waals surface area contributed by atoms with Gasteiger partial charge in [-0.2, -0.15) is 0 Å². The van der Waals surface area contributed by atoms with Gasteiger partial charge in [0, 0.05) is 130 Å². The number of aliphatic hydroxyl groups excluding tert-OH is 2. The molecular weight excluding hydrogens is 1240 g/mol. The van der Waals surface area contributed by atoms with Crippen LogP contribution in [0.4, 0.5) is 17.1 Å². The molecule has 2 amide bonds. The first-order valence-corrected chi connectivity index (χ1v) is 32.8. The third-order valence-corrected chi connectivity index (χ3v) is 18.7. The topological polar surface area (TPSA) is 326 Å². The molecule has 24 nitrogen and oxygen atoms in total. The quantitative estimate of drug-likeness (QED) is 0.0136. The van der Waals surface area contributed by atoms with E-state index in [0.29, 0.717) is 36.8 Å². The summed E-state index contributed by atoms with van der Waals surface area (Å²) in [5, 5.41) is 40.9. The number of carbonyl (C=O) groups is 5. The minimum atomic E-state index is -2.06. The lowest BCUT2D eigenvalue weighted by molar-refractivity contribution is -0.166. The van der Waals surface area contributed by atoms with Crippen molar-refractivity contribution in [3.8, 4) is 11.5 Å². The maximum atomic E-state index is 15.2. The van der Waals surface area contributed by atoms with Crippen LogP contribution in [0, 0.1) is 36.5 Å². The molecule has 1 aromatic heterocycles. The summed E-state index contributed by atoms with van der Waals surface area (Å²) in [4.78, 5) is 105. The van der Waals surface area contributed by atoms with Crippen LogP contribution < -0.4 is 36.3 Å². The van der Waals surface area contributed by atoms with Crippen molar-refractivity contribution in [2.24, 2.45) is 29.6 Å². The van der Waals surface area contributed by atoms with Gasteiger partial charge in [0.15, 0.2) is 39.4 Å². The van der Waals surface area contributed by atoms with Crippen molar-refractivity contribution < 1.29 is 81.3 Å². The zero-order valence-corrected chi connectivity index (χ0v) is 55.8. The van der Waals surface area contributed by atoms with Crippen molar-refractivity contribution in [1.82, 2.24) is 9.88 Å². The summed E-state index contributed by atoms with van der Waals surface area (Å²) in [5.41, 5.74) is -0.668. The second kappa shape index (κ2) is 30.7. The number of piperazine rings is 1. The number of phenolic OH excluding ortho intramolecular Hbond substituents is 1. The third kappa shape index (κ3) is 16.3. The molecule has 26 heteroatoms. The second-order valence-electron chi connectivity index (χ2n) is 24.6. The summed E-state index contributed by atoms with van der Waals surface area (Å²) in [5.74, 6) is -9.32. The highest BCUT2D eigenvalue weighted by molar-refractivity contribution is 7.44. The number of carbonyl (C=O) groups excluding carboxylic acids is 5. The molecule has 4 aliphatic heterocycles. The largest absolute Gasteiger partial charge is 0.507 e. The van der Waals surface area contributed by atoms with E-state index in [0.717, 1.165) is 25.2 Å². The first-order chi connectivity index (χ1) is 44.2. The molecule has 0 unspecified atom stereocenters. The summed E-state index contributed by atoms with van der Waals surface area (Å²) >= 11 is 0. The molecule has 5 heterocycles. The van der Waals surface area contributed by atoms with Crippen molar-refractivity contribution in [2.45, 2.75) is 137 Å². The number of aromatic hydroxyl groups is 1. The fraction of sp³-hybridized carbons (Fsp3) is 0.493. The zero-order valence-electron chi connectivity index (χ0n) is 54.0. The molecule has 0 aliphatic carbocycles. The minimum Gasteiger partial charge on any atom is -0.507 e. The number of hydrogen-bond acceptors (Lipinski definition) is 22. The van der Waals surface area contributed by atoms with Crippen LogP contribution in [0.15, 0.2) is 86.5 Å². The SMILES string of the molecule is CO[C@H]1/C=C/O[C@@]2(C)Oc3c(C)c(O)c4c(=O)c(c5oc6cc(N7CCN(CC(C)C)CC7)cc(=O)c6nc5c4c3=C2O)NC(=O)/C(C)=C\C=C\[C@H](C)[C@H](OC(=O)CCCOC(=O)CCC(=O)Nc2ccc(CC(P=O)P=O)cc2)[C@@H](C)[C@@H](O)[C@@H](C)[C@H](OC(C)=O)[C@@H]1C. The van der Waals surface area contributed by atoms with Crippen molar-refractivity contribution in [3.63, 3.8) is 0 Å². The number of nitrogens with one attached hydrogen (secondary N) is 2. The Morgan fingerprint density at radius 1 is 0.871 bits per heavy atom. The maximum absolute atomic E-state index is 15.2. The number of allylic oxidation sites excluding steroid dienone is 2. The Bertz CT molecular complexity index is 3950. The summed E-state index contributed by atoms with van der Waals surface area (Å²) in [6.07, 6.45) is 2.58. The lowest BCUT2D eigenvalue weighted by atomic mass is 9.78. The van der Waals surface area contributed by atoms with Crippen molar-refractivity contribution in [2.75, 3.05) is 62.0 Å². The molecule has 5 N–H and O–H groups in total. The summed E-state index contributed by atoms with van der Waals surface area (Å²) in [7, 11) is 0.913. The fourth-order valence-electron chi connectivity index (χ4n) is 12.1. The van der Waals surface area contributed by atoms with E-state index in [2.05, 4.69) is 34.3 Å². The predicted octanol–water partition coefficient (Wildman–Crippen LogP) is 9.08. The molecule has 5 bridgehead atoms. The molecule has 93 heavy (non-hydrogen) atoms. The van der Waals surface area contributed by atoms with Gasteiger partial charge in [-0.15, -0.1) is 0 Å². The van der Waals surface area contributed by atoms with Gasteiger partial charge >= 0.3 is 23.7 Å². The number of aromatic nitrogens is 1. The number of amides is 2. The van der Waals surface area contributed by atoms with Crippen LogP contribution in [-0.2, 0) is 63.2 Å². The number of anilines is 3. The molecule has 5 aromatic rings. The number of nitrogens with zero attached hydrogens (tertiary/aromatic N) is 3. The number of fused-ring (bicyclic) bond motifs is 14. The van der Waals surface area contributed by atoms with E-state index in [9.17, 15) is 53.2 Å². The van der Waals surface area contributed by atoms with Gasteiger partial charge in [0.2, 0.25) is 16.8 Å². The monoisotopic (exact) mass is 1320 g/mol. The van der Waals surface area contributed by atoms with Crippen LogP contribution in [0.2, 0.25) is 0 Å². The smallest absolute Gasteiger partial charge is 0.307 e. The maximum Gasteiger partial charge on any atom is 0.307 e. The van der Waals surface area contributed by atoms with Crippen molar-refractivity contribution >= 4 is 102 Å². The normalized spacial score (nSPS) is 24.9. The van der Waals surface area contributed by atoms with E-state index in [4.69, 9.17) is 37.8 Å². The van der Waals surface area contributed by atoms with E-state index in [1.807, 2.05) is 0 Å². The highest BCUT2D eigenvalue weighted by atomic mass is 31.1. The van der Waals surface area contributed by atoms with E-state index in [1.54, 1.807) is 64.1 Å². The van der Waals surface area contributed by atoms with Crippen molar-refractivity contribution in [3.05, 3.63) is 109 Å². The van der Waals surface area contributed by atoms with E-state index < -0.39 is 117 Å². The number of hydrogen-bond donors (Lipinski definition) is 5. The zero-order chi connectivity index (χ0) is 67.7. The van der Waals surface area contributed by atoms with E-state index in [-0.39, 0.29) is 104 Å². The van der Waals surface area contributed by atoms with Gasteiger partial charge in [-0.1, -0.05) is 71.9 Å². The molecule has 1 fully saturated rings. The second-order valence-corrected chi connectivity index (χ2v) is 26.7. The molecule has 4 aliphatic rings. The van der Waals surface area contributed by atoms with Crippen LogP contribution in [0.1, 0.15) is 99.1 Å². The number of ether oxygens (including phenoxy) is 6. The van der Waals surface area contributed by atoms with Gasteiger partial charge in [0.05, 0.1) is 42.1 Å². The highest BCUT2D eigenvalue weighted by Gasteiger charge is 2.45. The molecule has 0 saturated carbocycles. The Morgan fingerprint density at radius 2 is 1.56 bits per heavy atom. The Balaban J connectivity index is 1.11. The summed E-state index contributed by atoms with van der Waals surface area (Å²) in [6, 6.07) is 9.77. The number of aliphatic hydroxyl groups is 2.